The van der Waals surface area contributed by atoms with Crippen molar-refractivity contribution in [3.05, 3.63) is 69.3 Å². The van der Waals surface area contributed by atoms with Crippen molar-refractivity contribution in [3.8, 4) is 11.3 Å². The van der Waals surface area contributed by atoms with Crippen LogP contribution in [0.3, 0.4) is 0 Å². The average Bonchev–Trinajstić information content (AvgIpc) is 3.01. The predicted octanol–water partition coefficient (Wildman–Crippen LogP) is 5.34. The molecule has 0 fully saturated rings. The highest BCUT2D eigenvalue weighted by Crippen LogP contribution is 2.25. The first-order chi connectivity index (χ1) is 11.7. The molecule has 0 aliphatic carbocycles. The highest BCUT2D eigenvalue weighted by molar-refractivity contribution is 9.10. The summed E-state index contributed by atoms with van der Waals surface area (Å²) >= 11 is 5.18. The topological polar surface area (TPSA) is 29.3 Å². The molecule has 2 aromatic carbocycles. The van der Waals surface area contributed by atoms with Gasteiger partial charge in [-0.2, -0.15) is 0 Å². The summed E-state index contributed by atoms with van der Waals surface area (Å²) in [5, 5.41) is 5.59. The van der Waals surface area contributed by atoms with E-state index in [9.17, 15) is 0 Å². The maximum Gasteiger partial charge on any atom is 0.191 e. The Hall–Kier alpha value is -1.69. The summed E-state index contributed by atoms with van der Waals surface area (Å²) in [5.74, 6) is 0. The minimum Gasteiger partial charge on any atom is -0.300 e. The van der Waals surface area contributed by atoms with Crippen LogP contribution in [0.4, 0.5) is 5.69 Å². The van der Waals surface area contributed by atoms with Gasteiger partial charge in [-0.1, -0.05) is 53.2 Å². The molecule has 1 unspecified atom stereocenters. The summed E-state index contributed by atoms with van der Waals surface area (Å²) in [7, 11) is 2.00. The van der Waals surface area contributed by atoms with Gasteiger partial charge in [0.05, 0.1) is 17.5 Å². The Labute approximate surface area is 154 Å². The van der Waals surface area contributed by atoms with Gasteiger partial charge in [-0.05, 0) is 43.3 Å². The Balaban J connectivity index is 2.17. The van der Waals surface area contributed by atoms with Crippen molar-refractivity contribution in [1.29, 1.82) is 0 Å². The Morgan fingerprint density at radius 2 is 1.83 bits per heavy atom. The van der Waals surface area contributed by atoms with Gasteiger partial charge in [-0.15, -0.1) is 11.3 Å². The van der Waals surface area contributed by atoms with Crippen molar-refractivity contribution < 1.29 is 0 Å². The molecule has 0 bridgehead atoms. The third kappa shape index (κ3) is 3.69. The molecule has 24 heavy (non-hydrogen) atoms. The van der Waals surface area contributed by atoms with Crippen LogP contribution in [0.15, 0.2) is 69.4 Å². The smallest absolute Gasteiger partial charge is 0.191 e. The van der Waals surface area contributed by atoms with Crippen LogP contribution in [0.2, 0.25) is 0 Å². The lowest BCUT2D eigenvalue weighted by molar-refractivity contribution is 0.420. The van der Waals surface area contributed by atoms with Gasteiger partial charge >= 0.3 is 0 Å². The fourth-order valence-electron chi connectivity index (χ4n) is 2.66. The molecule has 0 saturated carbocycles. The number of benzene rings is 2. The quantitative estimate of drug-likeness (QED) is 0.613. The van der Waals surface area contributed by atoms with E-state index in [1.54, 1.807) is 11.3 Å². The number of nitrogens with zero attached hydrogens (tertiary/aromatic N) is 2. The van der Waals surface area contributed by atoms with E-state index in [0.717, 1.165) is 21.4 Å². The fraction of sp³-hybridized carbons (Fsp3) is 0.211. The monoisotopic (exact) mass is 401 g/mol. The number of thiazole rings is 1. The Kier molecular flexibility index (Phi) is 5.66. The molecule has 1 N–H and O–H groups in total. The van der Waals surface area contributed by atoms with Gasteiger partial charge in [0, 0.05) is 9.85 Å². The number of aromatic nitrogens is 1. The maximum absolute atomic E-state index is 4.85. The molecule has 0 saturated heterocycles. The molecule has 5 heteroatoms. The van der Waals surface area contributed by atoms with Crippen LogP contribution in [0.25, 0.3) is 11.3 Å². The molecule has 1 heterocycles. The zero-order valence-electron chi connectivity index (χ0n) is 13.7. The average molecular weight is 402 g/mol. The van der Waals surface area contributed by atoms with E-state index in [-0.39, 0.29) is 6.17 Å². The lowest BCUT2D eigenvalue weighted by Gasteiger charge is -2.19. The number of para-hydroxylation sites is 1. The fourth-order valence-corrected chi connectivity index (χ4v) is 3.89. The predicted molar refractivity (Wildman–Crippen MR) is 105 cm³/mol. The molecule has 0 aliphatic heterocycles. The van der Waals surface area contributed by atoms with Crippen molar-refractivity contribution in [1.82, 2.24) is 9.88 Å². The molecular weight excluding hydrogens is 382 g/mol. The SMILES string of the molecule is CCC(NC)n1c(-c2ccc(Br)cc2)csc1=Nc1ccccc1. The first kappa shape index (κ1) is 17.1. The number of hydrogen-bond donors (Lipinski definition) is 1. The van der Waals surface area contributed by atoms with Crippen LogP contribution < -0.4 is 10.1 Å². The molecule has 124 valence electrons. The van der Waals surface area contributed by atoms with E-state index < -0.39 is 0 Å². The lowest BCUT2D eigenvalue weighted by Crippen LogP contribution is -2.30. The second-order valence-electron chi connectivity index (χ2n) is 5.44. The van der Waals surface area contributed by atoms with Crippen LogP contribution in [-0.4, -0.2) is 11.6 Å². The maximum atomic E-state index is 4.85. The van der Waals surface area contributed by atoms with Crippen molar-refractivity contribution in [2.75, 3.05) is 7.05 Å². The van der Waals surface area contributed by atoms with Crippen molar-refractivity contribution >= 4 is 33.0 Å². The molecule has 0 amide bonds. The van der Waals surface area contributed by atoms with Gasteiger partial charge in [0.15, 0.2) is 4.80 Å². The van der Waals surface area contributed by atoms with Gasteiger partial charge in [-0.3, -0.25) is 0 Å². The molecule has 3 nitrogen and oxygen atoms in total. The van der Waals surface area contributed by atoms with Crippen LogP contribution in [-0.2, 0) is 0 Å². The van der Waals surface area contributed by atoms with E-state index in [2.05, 4.69) is 62.4 Å². The highest BCUT2D eigenvalue weighted by atomic mass is 79.9. The van der Waals surface area contributed by atoms with E-state index in [1.807, 2.05) is 37.4 Å². The van der Waals surface area contributed by atoms with Gasteiger partial charge in [0.25, 0.3) is 0 Å². The molecule has 1 atom stereocenters. The number of hydrogen-bond acceptors (Lipinski definition) is 3. The molecule has 0 aliphatic rings. The molecule has 0 radical (unpaired) electrons. The summed E-state index contributed by atoms with van der Waals surface area (Å²) in [4.78, 5) is 5.85. The van der Waals surface area contributed by atoms with Crippen LogP contribution in [0, 0.1) is 0 Å². The highest BCUT2D eigenvalue weighted by Gasteiger charge is 2.14. The molecule has 3 rings (SSSR count). The van der Waals surface area contributed by atoms with E-state index in [4.69, 9.17) is 4.99 Å². The summed E-state index contributed by atoms with van der Waals surface area (Å²) in [6, 6.07) is 18.5. The molecular formula is C19H20BrN3S. The Bertz CT molecular complexity index is 846. The van der Waals surface area contributed by atoms with E-state index in [1.165, 1.54) is 11.3 Å². The zero-order valence-corrected chi connectivity index (χ0v) is 16.1. The summed E-state index contributed by atoms with van der Waals surface area (Å²) in [6.45, 7) is 2.18. The largest absolute Gasteiger partial charge is 0.300 e. The number of halogens is 1. The Morgan fingerprint density at radius 3 is 2.46 bits per heavy atom. The third-order valence-corrected chi connectivity index (χ3v) is 5.26. The van der Waals surface area contributed by atoms with Gasteiger partial charge < -0.3 is 9.88 Å². The van der Waals surface area contributed by atoms with Gasteiger partial charge in [0.1, 0.15) is 0 Å². The van der Waals surface area contributed by atoms with Crippen molar-refractivity contribution in [3.63, 3.8) is 0 Å². The van der Waals surface area contributed by atoms with Crippen LogP contribution >= 0.6 is 27.3 Å². The van der Waals surface area contributed by atoms with Crippen molar-refractivity contribution in [2.45, 2.75) is 19.5 Å². The minimum atomic E-state index is 0.206. The molecule has 0 spiro atoms. The molecule has 3 aromatic rings. The van der Waals surface area contributed by atoms with Crippen LogP contribution in [0.1, 0.15) is 19.5 Å². The minimum absolute atomic E-state index is 0.206. The molecule has 1 aromatic heterocycles. The zero-order chi connectivity index (χ0) is 16.9. The summed E-state index contributed by atoms with van der Waals surface area (Å²) in [5.41, 5.74) is 3.35. The first-order valence-electron chi connectivity index (χ1n) is 7.96. The second-order valence-corrected chi connectivity index (χ2v) is 7.19. The normalized spacial score (nSPS) is 13.2. The Morgan fingerprint density at radius 1 is 1.12 bits per heavy atom. The summed E-state index contributed by atoms with van der Waals surface area (Å²) in [6.07, 6.45) is 1.19. The lowest BCUT2D eigenvalue weighted by atomic mass is 10.1. The standard InChI is InChI=1S/C19H20BrN3S/c1-3-18(21-2)23-17(14-9-11-15(20)12-10-14)13-24-19(23)22-16-7-5-4-6-8-16/h4-13,18,21H,3H2,1-2H3. The van der Waals surface area contributed by atoms with E-state index >= 15 is 0 Å². The van der Waals surface area contributed by atoms with Crippen LogP contribution in [0.5, 0.6) is 0 Å². The van der Waals surface area contributed by atoms with E-state index in [0.29, 0.717) is 0 Å². The first-order valence-corrected chi connectivity index (χ1v) is 9.63. The van der Waals surface area contributed by atoms with Gasteiger partial charge in [-0.25, -0.2) is 4.99 Å². The van der Waals surface area contributed by atoms with Crippen molar-refractivity contribution in [2.24, 2.45) is 4.99 Å². The number of nitrogens with one attached hydrogen (secondary N) is 1. The summed E-state index contributed by atoms with van der Waals surface area (Å²) < 4.78 is 3.38. The number of rotatable bonds is 5. The second kappa shape index (κ2) is 7.92. The third-order valence-electron chi connectivity index (χ3n) is 3.89. The van der Waals surface area contributed by atoms with Gasteiger partial charge in [0.2, 0.25) is 0 Å².